The molecule has 0 amide bonds. The molecule has 4 saturated carbocycles. The zero-order chi connectivity index (χ0) is 18.5. The number of hydrogen-bond donors (Lipinski definition) is 0. The van der Waals surface area contributed by atoms with E-state index in [-0.39, 0.29) is 0 Å². The molecule has 0 aliphatic heterocycles. The SMILES string of the molecule is C=C(CBr)C1CCC2C3CCC4CC(C)CCC4(COC)C3CCC12C. The molecule has 148 valence electrons. The molecule has 0 bridgehead atoms. The molecular formula is C24H39BrO. The molecule has 2 heteroatoms. The van der Waals surface area contributed by atoms with Crippen molar-refractivity contribution in [2.75, 3.05) is 19.0 Å². The fourth-order valence-corrected chi connectivity index (χ4v) is 8.97. The highest BCUT2D eigenvalue weighted by molar-refractivity contribution is 9.09. The van der Waals surface area contributed by atoms with Crippen LogP contribution in [0.25, 0.3) is 0 Å². The van der Waals surface area contributed by atoms with Gasteiger partial charge in [0.1, 0.15) is 0 Å². The van der Waals surface area contributed by atoms with Crippen molar-refractivity contribution in [1.29, 1.82) is 0 Å². The van der Waals surface area contributed by atoms with E-state index in [1.807, 2.05) is 7.11 Å². The number of hydrogen-bond acceptors (Lipinski definition) is 1. The normalized spacial score (nSPS) is 50.6. The smallest absolute Gasteiger partial charge is 0.0524 e. The van der Waals surface area contributed by atoms with Crippen molar-refractivity contribution in [3.05, 3.63) is 12.2 Å². The third kappa shape index (κ3) is 2.79. The van der Waals surface area contributed by atoms with Gasteiger partial charge in [-0.05, 0) is 97.7 Å². The summed E-state index contributed by atoms with van der Waals surface area (Å²) in [5, 5.41) is 0.988. The van der Waals surface area contributed by atoms with Crippen LogP contribution in [0.15, 0.2) is 12.2 Å². The number of methoxy groups -OCH3 is 1. The summed E-state index contributed by atoms with van der Waals surface area (Å²) < 4.78 is 5.92. The van der Waals surface area contributed by atoms with Crippen LogP contribution >= 0.6 is 15.9 Å². The molecule has 0 heterocycles. The lowest BCUT2D eigenvalue weighted by molar-refractivity contribution is -0.149. The molecule has 0 aromatic carbocycles. The maximum atomic E-state index is 5.92. The summed E-state index contributed by atoms with van der Waals surface area (Å²) in [5.41, 5.74) is 2.46. The van der Waals surface area contributed by atoms with Crippen molar-refractivity contribution in [2.45, 2.75) is 71.6 Å². The van der Waals surface area contributed by atoms with E-state index in [2.05, 4.69) is 36.4 Å². The molecule has 4 aliphatic carbocycles. The van der Waals surface area contributed by atoms with Crippen molar-refractivity contribution in [1.82, 2.24) is 0 Å². The molecule has 0 aromatic heterocycles. The molecule has 0 N–H and O–H groups in total. The van der Waals surface area contributed by atoms with Gasteiger partial charge in [0.05, 0.1) is 6.61 Å². The summed E-state index contributed by atoms with van der Waals surface area (Å²) in [6.45, 7) is 10.6. The molecule has 0 radical (unpaired) electrons. The van der Waals surface area contributed by atoms with E-state index >= 15 is 0 Å². The second kappa shape index (κ2) is 7.21. The van der Waals surface area contributed by atoms with Gasteiger partial charge in [-0.3, -0.25) is 0 Å². The molecule has 8 unspecified atom stereocenters. The third-order valence-electron chi connectivity index (χ3n) is 9.70. The fraction of sp³-hybridized carbons (Fsp3) is 0.917. The van der Waals surface area contributed by atoms with Gasteiger partial charge < -0.3 is 4.74 Å². The number of alkyl halides is 1. The Morgan fingerprint density at radius 3 is 2.62 bits per heavy atom. The zero-order valence-electron chi connectivity index (χ0n) is 17.2. The second-order valence-electron chi connectivity index (χ2n) is 10.7. The first kappa shape index (κ1) is 19.5. The Labute approximate surface area is 169 Å². The van der Waals surface area contributed by atoms with Crippen molar-refractivity contribution < 1.29 is 4.74 Å². The van der Waals surface area contributed by atoms with Gasteiger partial charge in [-0.2, -0.15) is 0 Å². The first-order chi connectivity index (χ1) is 12.5. The van der Waals surface area contributed by atoms with E-state index in [0.29, 0.717) is 10.8 Å². The van der Waals surface area contributed by atoms with Crippen molar-refractivity contribution in [3.8, 4) is 0 Å². The average molecular weight is 423 g/mol. The molecule has 8 atom stereocenters. The lowest BCUT2D eigenvalue weighted by Gasteiger charge is -2.62. The summed E-state index contributed by atoms with van der Waals surface area (Å²) >= 11 is 3.70. The van der Waals surface area contributed by atoms with Gasteiger partial charge in [0.2, 0.25) is 0 Å². The number of rotatable bonds is 4. The molecule has 4 rings (SSSR count). The maximum Gasteiger partial charge on any atom is 0.0524 e. The van der Waals surface area contributed by atoms with E-state index in [9.17, 15) is 0 Å². The Morgan fingerprint density at radius 2 is 1.88 bits per heavy atom. The minimum Gasteiger partial charge on any atom is -0.384 e. The molecule has 4 fully saturated rings. The quantitative estimate of drug-likeness (QED) is 0.355. The Kier molecular flexibility index (Phi) is 5.41. The van der Waals surface area contributed by atoms with Gasteiger partial charge in [0.25, 0.3) is 0 Å². The van der Waals surface area contributed by atoms with Gasteiger partial charge >= 0.3 is 0 Å². The Morgan fingerprint density at radius 1 is 1.08 bits per heavy atom. The van der Waals surface area contributed by atoms with E-state index in [4.69, 9.17) is 4.74 Å². The van der Waals surface area contributed by atoms with Crippen LogP contribution in [0.4, 0.5) is 0 Å². The van der Waals surface area contributed by atoms with Crippen molar-refractivity contribution in [2.24, 2.45) is 46.3 Å². The number of fused-ring (bicyclic) bond motifs is 5. The van der Waals surface area contributed by atoms with Crippen molar-refractivity contribution >= 4 is 15.9 Å². The van der Waals surface area contributed by atoms with Crippen LogP contribution in [0.1, 0.15) is 71.6 Å². The maximum absolute atomic E-state index is 5.92. The predicted molar refractivity (Wildman–Crippen MR) is 114 cm³/mol. The summed E-state index contributed by atoms with van der Waals surface area (Å²) in [7, 11) is 1.95. The van der Waals surface area contributed by atoms with Crippen LogP contribution in [-0.2, 0) is 4.74 Å². The largest absolute Gasteiger partial charge is 0.384 e. The highest BCUT2D eigenvalue weighted by atomic mass is 79.9. The summed E-state index contributed by atoms with van der Waals surface area (Å²) in [5.74, 6) is 5.39. The van der Waals surface area contributed by atoms with Crippen LogP contribution in [0.2, 0.25) is 0 Å². The molecule has 0 spiro atoms. The van der Waals surface area contributed by atoms with E-state index < -0.39 is 0 Å². The first-order valence-corrected chi connectivity index (χ1v) is 12.3. The number of allylic oxidation sites excluding steroid dienone is 1. The van der Waals surface area contributed by atoms with Crippen molar-refractivity contribution in [3.63, 3.8) is 0 Å². The fourth-order valence-electron chi connectivity index (χ4n) is 8.58. The lowest BCUT2D eigenvalue weighted by atomic mass is 9.43. The lowest BCUT2D eigenvalue weighted by Crippen LogP contribution is -2.56. The van der Waals surface area contributed by atoms with Gasteiger partial charge in [-0.25, -0.2) is 0 Å². The van der Waals surface area contributed by atoms with Crippen LogP contribution in [0.3, 0.4) is 0 Å². The van der Waals surface area contributed by atoms with E-state index in [0.717, 1.165) is 47.4 Å². The van der Waals surface area contributed by atoms with Gasteiger partial charge in [-0.1, -0.05) is 48.4 Å². The monoisotopic (exact) mass is 422 g/mol. The van der Waals surface area contributed by atoms with Crippen LogP contribution < -0.4 is 0 Å². The topological polar surface area (TPSA) is 9.23 Å². The third-order valence-corrected chi connectivity index (χ3v) is 10.4. The Hall–Kier alpha value is 0.180. The Balaban J connectivity index is 1.63. The minimum absolute atomic E-state index is 0.496. The molecular weight excluding hydrogens is 384 g/mol. The predicted octanol–water partition coefficient (Wildman–Crippen LogP) is 6.86. The van der Waals surface area contributed by atoms with Gasteiger partial charge in [0.15, 0.2) is 0 Å². The highest BCUT2D eigenvalue weighted by Gasteiger charge is 2.61. The van der Waals surface area contributed by atoms with Crippen LogP contribution in [0.5, 0.6) is 0 Å². The molecule has 0 aromatic rings. The molecule has 1 nitrogen and oxygen atoms in total. The summed E-state index contributed by atoms with van der Waals surface area (Å²) in [6.07, 6.45) is 12.9. The van der Waals surface area contributed by atoms with Gasteiger partial charge in [-0.15, -0.1) is 0 Å². The zero-order valence-corrected chi connectivity index (χ0v) is 18.8. The standard InChI is InChI=1S/C24H39BrO/c1-16-9-12-24(15-26-4)18(13-16)5-6-19-21-8-7-20(17(2)14-25)23(21,3)11-10-22(19)24/h16,18-22H,2,5-15H2,1,3-4H3. The summed E-state index contributed by atoms with van der Waals surface area (Å²) in [6, 6.07) is 0. The van der Waals surface area contributed by atoms with E-state index in [1.54, 1.807) is 0 Å². The average Bonchev–Trinajstić information content (AvgIpc) is 2.99. The van der Waals surface area contributed by atoms with Gasteiger partial charge in [0, 0.05) is 12.4 Å². The Bertz CT molecular complexity index is 544. The molecule has 4 aliphatic rings. The molecule has 26 heavy (non-hydrogen) atoms. The van der Waals surface area contributed by atoms with Crippen LogP contribution in [0, 0.1) is 46.3 Å². The molecule has 0 saturated heterocycles. The second-order valence-corrected chi connectivity index (χ2v) is 11.2. The number of halogens is 1. The van der Waals surface area contributed by atoms with Crippen LogP contribution in [-0.4, -0.2) is 19.0 Å². The highest BCUT2D eigenvalue weighted by Crippen LogP contribution is 2.68. The van der Waals surface area contributed by atoms with E-state index in [1.165, 1.54) is 63.4 Å². The number of ether oxygens (including phenoxy) is 1. The first-order valence-electron chi connectivity index (χ1n) is 11.2. The summed E-state index contributed by atoms with van der Waals surface area (Å²) in [4.78, 5) is 0. The minimum atomic E-state index is 0.496.